The number of benzene rings is 1. The van der Waals surface area contributed by atoms with Crippen molar-refractivity contribution in [2.45, 2.75) is 6.42 Å². The van der Waals surface area contributed by atoms with Crippen LogP contribution >= 0.6 is 0 Å². The topological polar surface area (TPSA) is 75.7 Å². The fourth-order valence-electron chi connectivity index (χ4n) is 1.79. The Labute approximate surface area is 104 Å². The number of imide groups is 1. The lowest BCUT2D eigenvalue weighted by atomic mass is 10.1. The van der Waals surface area contributed by atoms with E-state index in [9.17, 15) is 14.4 Å². The first-order valence-corrected chi connectivity index (χ1v) is 5.40. The summed E-state index contributed by atoms with van der Waals surface area (Å²) >= 11 is 0. The zero-order chi connectivity index (χ0) is 13.1. The molecular weight excluding hydrogens is 236 g/mol. The Morgan fingerprint density at radius 1 is 1.39 bits per heavy atom. The molecule has 1 saturated heterocycles. The lowest BCUT2D eigenvalue weighted by Gasteiger charge is -2.27. The molecule has 1 fully saturated rings. The van der Waals surface area contributed by atoms with E-state index < -0.39 is 6.03 Å². The highest BCUT2D eigenvalue weighted by atomic mass is 16.5. The number of carbonyl (C=O) groups is 3. The lowest BCUT2D eigenvalue weighted by molar-refractivity contribution is -0.120. The van der Waals surface area contributed by atoms with Gasteiger partial charge in [0.15, 0.2) is 0 Å². The van der Waals surface area contributed by atoms with Gasteiger partial charge in [0.05, 0.1) is 12.8 Å². The zero-order valence-electron chi connectivity index (χ0n) is 9.80. The van der Waals surface area contributed by atoms with Crippen molar-refractivity contribution in [1.29, 1.82) is 0 Å². The molecule has 1 heterocycles. The van der Waals surface area contributed by atoms with Crippen LogP contribution < -0.4 is 15.0 Å². The molecule has 0 spiro atoms. The van der Waals surface area contributed by atoms with Crippen LogP contribution in [0.1, 0.15) is 16.8 Å². The predicted octanol–water partition coefficient (Wildman–Crippen LogP) is 0.954. The molecule has 94 valence electrons. The molecule has 0 unspecified atom stereocenters. The van der Waals surface area contributed by atoms with Crippen molar-refractivity contribution < 1.29 is 19.1 Å². The van der Waals surface area contributed by atoms with E-state index in [1.54, 1.807) is 18.2 Å². The van der Waals surface area contributed by atoms with Crippen molar-refractivity contribution in [2.75, 3.05) is 18.6 Å². The number of urea groups is 1. The maximum atomic E-state index is 11.7. The summed E-state index contributed by atoms with van der Waals surface area (Å²) in [4.78, 5) is 34.9. The Morgan fingerprint density at radius 2 is 2.17 bits per heavy atom. The highest BCUT2D eigenvalue weighted by Gasteiger charge is 2.26. The van der Waals surface area contributed by atoms with Crippen molar-refractivity contribution >= 4 is 23.9 Å². The summed E-state index contributed by atoms with van der Waals surface area (Å²) < 4.78 is 5.15. The molecule has 0 aliphatic carbocycles. The van der Waals surface area contributed by atoms with E-state index in [0.717, 1.165) is 0 Å². The molecular formula is C12H12N2O4. The lowest BCUT2D eigenvalue weighted by Crippen LogP contribution is -2.49. The second-order valence-corrected chi connectivity index (χ2v) is 3.80. The van der Waals surface area contributed by atoms with Gasteiger partial charge in [0.2, 0.25) is 5.91 Å². The van der Waals surface area contributed by atoms with E-state index in [1.807, 2.05) is 0 Å². The van der Waals surface area contributed by atoms with Gasteiger partial charge >= 0.3 is 6.03 Å². The predicted molar refractivity (Wildman–Crippen MR) is 63.9 cm³/mol. The third kappa shape index (κ3) is 2.17. The highest BCUT2D eigenvalue weighted by Crippen LogP contribution is 2.30. The molecule has 18 heavy (non-hydrogen) atoms. The third-order valence-corrected chi connectivity index (χ3v) is 2.68. The van der Waals surface area contributed by atoms with Gasteiger partial charge in [0.25, 0.3) is 0 Å². The first kappa shape index (κ1) is 12.1. The molecule has 1 N–H and O–H groups in total. The summed E-state index contributed by atoms with van der Waals surface area (Å²) in [7, 11) is 1.48. The number of ether oxygens (including phenoxy) is 1. The monoisotopic (exact) mass is 248 g/mol. The molecule has 6 heteroatoms. The van der Waals surface area contributed by atoms with E-state index in [0.29, 0.717) is 23.3 Å². The maximum absolute atomic E-state index is 11.7. The fourth-order valence-corrected chi connectivity index (χ4v) is 1.79. The number of hydrogen-bond donors (Lipinski definition) is 1. The van der Waals surface area contributed by atoms with Crippen LogP contribution in [0.2, 0.25) is 0 Å². The first-order chi connectivity index (χ1) is 8.65. The van der Waals surface area contributed by atoms with Crippen molar-refractivity contribution in [2.24, 2.45) is 0 Å². The molecule has 0 atom stereocenters. The smallest absolute Gasteiger partial charge is 0.328 e. The number of anilines is 1. The number of nitrogens with zero attached hydrogens (tertiary/aromatic N) is 1. The Bertz CT molecular complexity index is 513. The van der Waals surface area contributed by atoms with E-state index in [1.165, 1.54) is 12.0 Å². The highest BCUT2D eigenvalue weighted by molar-refractivity contribution is 6.06. The molecule has 1 aromatic carbocycles. The van der Waals surface area contributed by atoms with Gasteiger partial charge in [-0.2, -0.15) is 0 Å². The fraction of sp³-hybridized carbons (Fsp3) is 0.250. The third-order valence-electron chi connectivity index (χ3n) is 2.68. The van der Waals surface area contributed by atoms with Gasteiger partial charge in [-0.15, -0.1) is 0 Å². The van der Waals surface area contributed by atoms with E-state index in [4.69, 9.17) is 4.74 Å². The average Bonchev–Trinajstić information content (AvgIpc) is 2.38. The summed E-state index contributed by atoms with van der Waals surface area (Å²) in [6.45, 7) is 0.267. The minimum Gasteiger partial charge on any atom is -0.495 e. The molecule has 0 saturated carbocycles. The number of aldehydes is 1. The molecule has 2 rings (SSSR count). The molecule has 6 nitrogen and oxygen atoms in total. The largest absolute Gasteiger partial charge is 0.495 e. The minimum atomic E-state index is -0.507. The Kier molecular flexibility index (Phi) is 3.27. The van der Waals surface area contributed by atoms with Gasteiger partial charge < -0.3 is 4.74 Å². The summed E-state index contributed by atoms with van der Waals surface area (Å²) in [5, 5.41) is 2.22. The van der Waals surface area contributed by atoms with Crippen LogP contribution in [0.15, 0.2) is 18.2 Å². The minimum absolute atomic E-state index is 0.222. The Morgan fingerprint density at radius 3 is 2.78 bits per heavy atom. The molecule has 1 aliphatic rings. The van der Waals surface area contributed by atoms with E-state index in [2.05, 4.69) is 5.32 Å². The van der Waals surface area contributed by atoms with E-state index in [-0.39, 0.29) is 18.9 Å². The molecule has 1 aromatic rings. The van der Waals surface area contributed by atoms with Crippen LogP contribution in [0, 0.1) is 0 Å². The van der Waals surface area contributed by atoms with Crippen LogP contribution in [-0.2, 0) is 4.79 Å². The quantitative estimate of drug-likeness (QED) is 0.808. The molecule has 0 aromatic heterocycles. The normalized spacial score (nSPS) is 15.3. The van der Waals surface area contributed by atoms with Crippen molar-refractivity contribution in [3.05, 3.63) is 23.8 Å². The van der Waals surface area contributed by atoms with Crippen LogP contribution in [0.3, 0.4) is 0 Å². The van der Waals surface area contributed by atoms with Gasteiger partial charge in [0, 0.05) is 18.5 Å². The number of amides is 3. The number of nitrogens with one attached hydrogen (secondary N) is 1. The van der Waals surface area contributed by atoms with Crippen molar-refractivity contribution in [3.8, 4) is 5.75 Å². The van der Waals surface area contributed by atoms with Crippen molar-refractivity contribution in [3.63, 3.8) is 0 Å². The maximum Gasteiger partial charge on any atom is 0.328 e. The van der Waals surface area contributed by atoms with E-state index >= 15 is 0 Å². The van der Waals surface area contributed by atoms with Crippen LogP contribution in [0.5, 0.6) is 5.75 Å². The number of carbonyl (C=O) groups excluding carboxylic acids is 3. The number of methoxy groups -OCH3 is 1. The summed E-state index contributed by atoms with van der Waals surface area (Å²) in [5.41, 5.74) is 0.919. The van der Waals surface area contributed by atoms with Gasteiger partial charge in [-0.3, -0.25) is 19.8 Å². The SMILES string of the molecule is COc1ccc(C=O)cc1N1CCC(=O)NC1=O. The Balaban J connectivity index is 2.39. The molecule has 1 aliphatic heterocycles. The number of rotatable bonds is 3. The van der Waals surface area contributed by atoms with Crippen LogP contribution in [-0.4, -0.2) is 31.9 Å². The van der Waals surface area contributed by atoms with Crippen LogP contribution in [0.25, 0.3) is 0 Å². The molecule has 0 radical (unpaired) electrons. The van der Waals surface area contributed by atoms with Gasteiger partial charge in [-0.25, -0.2) is 4.79 Å². The van der Waals surface area contributed by atoms with Gasteiger partial charge in [-0.05, 0) is 18.2 Å². The van der Waals surface area contributed by atoms with Gasteiger partial charge in [0.1, 0.15) is 12.0 Å². The second-order valence-electron chi connectivity index (χ2n) is 3.80. The first-order valence-electron chi connectivity index (χ1n) is 5.40. The average molecular weight is 248 g/mol. The number of hydrogen-bond acceptors (Lipinski definition) is 4. The van der Waals surface area contributed by atoms with Gasteiger partial charge in [-0.1, -0.05) is 0 Å². The zero-order valence-corrected chi connectivity index (χ0v) is 9.80. The molecule has 3 amide bonds. The molecule has 0 bridgehead atoms. The summed E-state index contributed by atoms with van der Waals surface area (Å²) in [5.74, 6) is 0.173. The van der Waals surface area contributed by atoms with Crippen LogP contribution in [0.4, 0.5) is 10.5 Å². The standard InChI is InChI=1S/C12H12N2O4/c1-18-10-3-2-8(7-15)6-9(10)14-5-4-11(16)13-12(14)17/h2-3,6-7H,4-5H2,1H3,(H,13,16,17). The van der Waals surface area contributed by atoms with Crippen molar-refractivity contribution in [1.82, 2.24) is 5.32 Å². The Hall–Kier alpha value is -2.37. The summed E-state index contributed by atoms with van der Waals surface area (Å²) in [6, 6.07) is 4.26. The summed E-state index contributed by atoms with van der Waals surface area (Å²) in [6.07, 6.45) is 0.913. The second kappa shape index (κ2) is 4.87.